The molecule has 1 aromatic heterocycles. The van der Waals surface area contributed by atoms with Crippen LogP contribution in [0.1, 0.15) is 46.3 Å². The fourth-order valence-corrected chi connectivity index (χ4v) is 4.30. The number of hydrogen-bond acceptors (Lipinski definition) is 5. The van der Waals surface area contributed by atoms with Gasteiger partial charge in [-0.3, -0.25) is 4.79 Å². The molecular weight excluding hydrogens is 476 g/mol. The van der Waals surface area contributed by atoms with Crippen LogP contribution >= 0.6 is 0 Å². The zero-order valence-corrected chi connectivity index (χ0v) is 21.7. The second-order valence-corrected chi connectivity index (χ2v) is 9.35. The summed E-state index contributed by atoms with van der Waals surface area (Å²) in [5, 5.41) is 12.7. The first-order valence-electron chi connectivity index (χ1n) is 12.8. The first-order valence-corrected chi connectivity index (χ1v) is 12.8. The minimum Gasteiger partial charge on any atom is -0.480 e. The molecule has 0 spiro atoms. The number of carbonyl (C=O) groups excluding carboxylic acids is 1. The summed E-state index contributed by atoms with van der Waals surface area (Å²) in [6, 6.07) is 26.0. The lowest BCUT2D eigenvalue weighted by molar-refractivity contribution is -0.139. The van der Waals surface area contributed by atoms with Crippen molar-refractivity contribution >= 4 is 11.8 Å². The number of aryl methyl sites for hydroxylation is 3. The molecule has 0 fully saturated rings. The molecule has 0 unspecified atom stereocenters. The number of carboxylic acids is 1. The molecule has 0 saturated heterocycles. The summed E-state index contributed by atoms with van der Waals surface area (Å²) in [6.45, 7) is 3.66. The molecule has 1 atom stereocenters. The van der Waals surface area contributed by atoms with Crippen molar-refractivity contribution in [3.8, 4) is 11.5 Å². The maximum atomic E-state index is 12.4. The van der Waals surface area contributed by atoms with Crippen molar-refractivity contribution in [2.24, 2.45) is 0 Å². The number of benzene rings is 3. The third kappa shape index (κ3) is 7.29. The van der Waals surface area contributed by atoms with Crippen LogP contribution in [0, 0.1) is 6.92 Å². The van der Waals surface area contributed by atoms with Crippen molar-refractivity contribution in [2.45, 2.75) is 45.6 Å². The Bertz CT molecular complexity index is 1390. The van der Waals surface area contributed by atoms with E-state index in [-0.39, 0.29) is 5.78 Å². The van der Waals surface area contributed by atoms with E-state index in [1.807, 2.05) is 67.6 Å². The quantitative estimate of drug-likeness (QED) is 0.175. The molecule has 194 valence electrons. The third-order valence-electron chi connectivity index (χ3n) is 6.36. The van der Waals surface area contributed by atoms with Crippen molar-refractivity contribution < 1.29 is 19.1 Å². The van der Waals surface area contributed by atoms with Gasteiger partial charge in [-0.15, -0.1) is 0 Å². The van der Waals surface area contributed by atoms with Crippen molar-refractivity contribution in [1.82, 2.24) is 10.3 Å². The van der Waals surface area contributed by atoms with Gasteiger partial charge >= 0.3 is 5.97 Å². The molecular formula is C32H32N2O4. The molecule has 38 heavy (non-hydrogen) atoms. The zero-order chi connectivity index (χ0) is 26.9. The van der Waals surface area contributed by atoms with Crippen molar-refractivity contribution in [2.75, 3.05) is 0 Å². The number of ketones is 1. The molecule has 6 heteroatoms. The van der Waals surface area contributed by atoms with Gasteiger partial charge < -0.3 is 14.8 Å². The minimum absolute atomic E-state index is 0.166. The van der Waals surface area contributed by atoms with Gasteiger partial charge in [-0.1, -0.05) is 72.8 Å². The fourth-order valence-electron chi connectivity index (χ4n) is 4.30. The normalized spacial score (nSPS) is 12.2. The average molecular weight is 509 g/mol. The van der Waals surface area contributed by atoms with E-state index in [4.69, 9.17) is 4.42 Å². The van der Waals surface area contributed by atoms with Crippen LogP contribution in [0.4, 0.5) is 0 Å². The fraction of sp³-hybridized carbons (Fsp3) is 0.219. The molecule has 0 radical (unpaired) electrons. The Morgan fingerprint density at radius 1 is 0.921 bits per heavy atom. The van der Waals surface area contributed by atoms with Gasteiger partial charge in [0.2, 0.25) is 5.89 Å². The van der Waals surface area contributed by atoms with Gasteiger partial charge in [0.1, 0.15) is 11.8 Å². The Hall–Kier alpha value is -4.45. The molecule has 0 bridgehead atoms. The van der Waals surface area contributed by atoms with E-state index in [0.29, 0.717) is 23.6 Å². The van der Waals surface area contributed by atoms with Crippen LogP contribution in [-0.4, -0.2) is 27.9 Å². The molecule has 3 aromatic carbocycles. The van der Waals surface area contributed by atoms with E-state index < -0.39 is 12.0 Å². The highest BCUT2D eigenvalue weighted by Crippen LogP contribution is 2.22. The largest absolute Gasteiger partial charge is 0.480 e. The molecule has 0 aliphatic heterocycles. The van der Waals surface area contributed by atoms with E-state index in [0.717, 1.165) is 41.8 Å². The summed E-state index contributed by atoms with van der Waals surface area (Å²) in [7, 11) is 0. The molecule has 0 aliphatic carbocycles. The standard InChI is InChI=1S/C32H32N2O4/c1-22(20-30(35)26-11-5-3-6-12-26)33-29(32(36)37)21-25-18-16-24(17-19-25)10-9-15-28-23(2)38-31(34-28)27-13-7-4-8-14-27/h3-8,11-14,16-20,29,33H,9-10,15,21H2,1-2H3,(H,36,37)/b22-20-/t29-/m0/s1. The Balaban J connectivity index is 1.30. The lowest BCUT2D eigenvalue weighted by Gasteiger charge is -2.16. The number of nitrogens with zero attached hydrogens (tertiary/aromatic N) is 1. The highest BCUT2D eigenvalue weighted by atomic mass is 16.4. The SMILES string of the molecule is C/C(=C/C(=O)c1ccccc1)N[C@@H](Cc1ccc(CCCc2nc(-c3ccccc3)oc2C)cc1)C(=O)O. The van der Waals surface area contributed by atoms with E-state index in [1.54, 1.807) is 31.2 Å². The molecule has 0 amide bonds. The Kier molecular flexibility index (Phi) is 8.88. The second-order valence-electron chi connectivity index (χ2n) is 9.35. The van der Waals surface area contributed by atoms with Gasteiger partial charge in [-0.05, 0) is 56.4 Å². The van der Waals surface area contributed by atoms with Crippen molar-refractivity contribution in [3.63, 3.8) is 0 Å². The van der Waals surface area contributed by atoms with E-state index in [9.17, 15) is 14.7 Å². The topological polar surface area (TPSA) is 92.4 Å². The van der Waals surface area contributed by atoms with Crippen molar-refractivity contribution in [1.29, 1.82) is 0 Å². The molecule has 4 aromatic rings. The molecule has 0 saturated carbocycles. The van der Waals surface area contributed by atoms with Gasteiger partial charge in [0.05, 0.1) is 5.69 Å². The number of oxazole rings is 1. The predicted molar refractivity (Wildman–Crippen MR) is 148 cm³/mol. The van der Waals surface area contributed by atoms with Crippen LogP contribution in [0.5, 0.6) is 0 Å². The number of carboxylic acid groups (broad SMARTS) is 1. The summed E-state index contributed by atoms with van der Waals surface area (Å²) < 4.78 is 5.86. The molecule has 2 N–H and O–H groups in total. The zero-order valence-electron chi connectivity index (χ0n) is 21.7. The van der Waals surface area contributed by atoms with Gasteiger partial charge in [0, 0.05) is 29.3 Å². The van der Waals surface area contributed by atoms with E-state index in [1.165, 1.54) is 11.6 Å². The Morgan fingerprint density at radius 3 is 2.21 bits per heavy atom. The lowest BCUT2D eigenvalue weighted by atomic mass is 10.0. The summed E-state index contributed by atoms with van der Waals surface area (Å²) in [4.78, 5) is 28.9. The second kappa shape index (κ2) is 12.7. The first-order chi connectivity index (χ1) is 18.4. The number of allylic oxidation sites excluding steroid dienone is 2. The average Bonchev–Trinajstić information content (AvgIpc) is 3.30. The molecule has 6 nitrogen and oxygen atoms in total. The monoisotopic (exact) mass is 508 g/mol. The number of nitrogens with one attached hydrogen (secondary N) is 1. The van der Waals surface area contributed by atoms with Gasteiger partial charge in [0.15, 0.2) is 5.78 Å². The first kappa shape index (κ1) is 26.6. The van der Waals surface area contributed by atoms with Crippen LogP contribution in [0.15, 0.2) is 101 Å². The highest BCUT2D eigenvalue weighted by molar-refractivity contribution is 6.04. The summed E-state index contributed by atoms with van der Waals surface area (Å²) in [5.41, 5.74) is 5.12. The lowest BCUT2D eigenvalue weighted by Crippen LogP contribution is -2.37. The van der Waals surface area contributed by atoms with Gasteiger partial charge in [-0.2, -0.15) is 0 Å². The maximum Gasteiger partial charge on any atom is 0.326 e. The van der Waals surface area contributed by atoms with Crippen LogP contribution < -0.4 is 5.32 Å². The maximum absolute atomic E-state index is 12.4. The van der Waals surface area contributed by atoms with Crippen LogP contribution in [0.3, 0.4) is 0 Å². The smallest absolute Gasteiger partial charge is 0.326 e. The van der Waals surface area contributed by atoms with Crippen molar-refractivity contribution in [3.05, 3.63) is 125 Å². The number of carbonyl (C=O) groups is 2. The number of rotatable bonds is 12. The van der Waals surface area contributed by atoms with E-state index >= 15 is 0 Å². The summed E-state index contributed by atoms with van der Waals surface area (Å²) in [6.07, 6.45) is 4.38. The highest BCUT2D eigenvalue weighted by Gasteiger charge is 2.18. The summed E-state index contributed by atoms with van der Waals surface area (Å²) in [5.74, 6) is 0.368. The Morgan fingerprint density at radius 2 is 1.55 bits per heavy atom. The molecule has 0 aliphatic rings. The van der Waals surface area contributed by atoms with Gasteiger partial charge in [0.25, 0.3) is 0 Å². The van der Waals surface area contributed by atoms with Crippen LogP contribution in [0.2, 0.25) is 0 Å². The molecule has 1 heterocycles. The number of aromatic nitrogens is 1. The van der Waals surface area contributed by atoms with Crippen LogP contribution in [-0.2, 0) is 24.1 Å². The van der Waals surface area contributed by atoms with Gasteiger partial charge in [-0.25, -0.2) is 9.78 Å². The Labute approximate surface area is 223 Å². The van der Waals surface area contributed by atoms with Crippen LogP contribution in [0.25, 0.3) is 11.5 Å². The third-order valence-corrected chi connectivity index (χ3v) is 6.36. The number of hydrogen-bond donors (Lipinski definition) is 2. The predicted octanol–water partition coefficient (Wildman–Crippen LogP) is 6.20. The number of aliphatic carboxylic acids is 1. The minimum atomic E-state index is -0.966. The molecule has 4 rings (SSSR count). The summed E-state index contributed by atoms with van der Waals surface area (Å²) >= 11 is 0. The van der Waals surface area contributed by atoms with E-state index in [2.05, 4.69) is 10.3 Å².